The van der Waals surface area contributed by atoms with Gasteiger partial charge in [-0.1, -0.05) is 0 Å². The van der Waals surface area contributed by atoms with Crippen LogP contribution < -0.4 is 10.4 Å². The van der Waals surface area contributed by atoms with Gasteiger partial charge >= 0.3 is 18.5 Å². The molecule has 0 aliphatic rings. The predicted octanol–water partition coefficient (Wildman–Crippen LogP) is 4.55. The van der Waals surface area contributed by atoms with Crippen LogP contribution in [0.15, 0.2) is 18.2 Å². The summed E-state index contributed by atoms with van der Waals surface area (Å²) in [5.41, 5.74) is -14.6. The first kappa shape index (κ1) is 28.2. The van der Waals surface area contributed by atoms with Gasteiger partial charge in [0.15, 0.2) is 0 Å². The van der Waals surface area contributed by atoms with E-state index in [-0.39, 0.29) is 18.2 Å². The number of hydrogen-bond donors (Lipinski definition) is 0. The molecular weight excluding hydrogens is 524 g/mol. The monoisotopic (exact) mass is 527 g/mol. The Balaban J connectivity index is 3.45. The number of halogens is 10. The molecule has 186 valence electrons. The maximum atomic E-state index is 15.0. The van der Waals surface area contributed by atoms with Crippen molar-refractivity contribution in [2.75, 3.05) is 0 Å². The molecule has 0 radical (unpaired) electrons. The molecule has 0 atom stereocenters. The zero-order valence-electron chi connectivity index (χ0n) is 17.2. The first-order chi connectivity index (χ1) is 17.0. The summed E-state index contributed by atoms with van der Waals surface area (Å²) >= 11 is 0. The molecular formula is C22H3F10N5. The molecule has 0 N–H and O–H groups in total. The molecule has 0 bridgehead atoms. The summed E-state index contributed by atoms with van der Waals surface area (Å²) in [6.07, 6.45) is -17.2. The minimum absolute atomic E-state index is 0.220. The van der Waals surface area contributed by atoms with Gasteiger partial charge in [-0.3, -0.25) is 0 Å². The van der Waals surface area contributed by atoms with Crippen molar-refractivity contribution in [3.05, 3.63) is 67.8 Å². The van der Waals surface area contributed by atoms with Crippen LogP contribution in [0.1, 0.15) is 33.4 Å². The van der Waals surface area contributed by atoms with Crippen molar-refractivity contribution in [3.63, 3.8) is 0 Å². The number of nitriles is 5. The topological polar surface area (TPSA) is 119 Å². The van der Waals surface area contributed by atoms with Crippen molar-refractivity contribution in [1.29, 1.82) is 26.3 Å². The largest absolute Gasteiger partial charge is 0.419 e. The molecule has 37 heavy (non-hydrogen) atoms. The Morgan fingerprint density at radius 1 is 0.649 bits per heavy atom. The molecule has 0 amide bonds. The van der Waals surface area contributed by atoms with Crippen LogP contribution in [0.3, 0.4) is 0 Å². The second-order valence-electron chi connectivity index (χ2n) is 6.78. The van der Waals surface area contributed by atoms with Crippen molar-refractivity contribution in [3.8, 4) is 30.3 Å². The summed E-state index contributed by atoms with van der Waals surface area (Å²) in [4.78, 5) is 0. The average molecular weight is 527 g/mol. The SMILES string of the molecule is N#CC(C#N)=c1cc(C#N)/c(=C(/C#N)c2cc(C(F)(F)F)c(C#N)c(C(F)(F)F)c2)c(C(F)(F)F)c1F. The van der Waals surface area contributed by atoms with Crippen LogP contribution in [-0.2, 0) is 18.5 Å². The summed E-state index contributed by atoms with van der Waals surface area (Å²) in [7, 11) is 0. The van der Waals surface area contributed by atoms with Gasteiger partial charge in [0, 0.05) is 10.4 Å². The van der Waals surface area contributed by atoms with Crippen molar-refractivity contribution >= 4 is 11.1 Å². The van der Waals surface area contributed by atoms with E-state index in [0.29, 0.717) is 6.07 Å². The predicted molar refractivity (Wildman–Crippen MR) is 99.3 cm³/mol. The fraction of sp³-hybridized carbons (Fsp3) is 0.136. The van der Waals surface area contributed by atoms with E-state index in [2.05, 4.69) is 0 Å². The van der Waals surface area contributed by atoms with Crippen molar-refractivity contribution in [1.82, 2.24) is 0 Å². The third kappa shape index (κ3) is 5.15. The van der Waals surface area contributed by atoms with E-state index >= 15 is 0 Å². The number of rotatable bonds is 1. The van der Waals surface area contributed by atoms with Crippen molar-refractivity contribution < 1.29 is 43.9 Å². The zero-order chi connectivity index (χ0) is 28.5. The molecule has 0 saturated heterocycles. The van der Waals surface area contributed by atoms with Gasteiger partial charge in [0.25, 0.3) is 0 Å². The Kier molecular flexibility index (Phi) is 7.25. The Morgan fingerprint density at radius 3 is 1.46 bits per heavy atom. The van der Waals surface area contributed by atoms with E-state index in [1.54, 1.807) is 0 Å². The zero-order valence-corrected chi connectivity index (χ0v) is 17.2. The smallest absolute Gasteiger partial charge is 0.206 e. The lowest BCUT2D eigenvalue weighted by atomic mass is 9.90. The Morgan fingerprint density at radius 2 is 1.14 bits per heavy atom. The normalized spacial score (nSPS) is 12.4. The average Bonchev–Trinajstić information content (AvgIpc) is 2.78. The quantitative estimate of drug-likeness (QED) is 0.505. The maximum absolute atomic E-state index is 15.0. The standard InChI is InChI=1S/C22H3F10N5/c23-19-12(11(5-34)6-35)1-10(4-33)17(18(19)22(30,31)32)13(7-36)9-2-15(20(24,25)26)14(8-37)16(3-9)21(27,28)29/h1-3H/b17-13+. The van der Waals surface area contributed by atoms with Gasteiger partial charge in [0.1, 0.15) is 41.2 Å². The first-order valence-electron chi connectivity index (χ1n) is 8.99. The fourth-order valence-electron chi connectivity index (χ4n) is 3.22. The van der Waals surface area contributed by atoms with E-state index in [1.807, 2.05) is 0 Å². The third-order valence-electron chi connectivity index (χ3n) is 4.67. The summed E-state index contributed by atoms with van der Waals surface area (Å²) in [5.74, 6) is -2.38. The minimum Gasteiger partial charge on any atom is -0.206 e. The van der Waals surface area contributed by atoms with Crippen LogP contribution in [-0.4, -0.2) is 0 Å². The fourth-order valence-corrected chi connectivity index (χ4v) is 3.22. The van der Waals surface area contributed by atoms with Crippen LogP contribution in [0.2, 0.25) is 0 Å². The molecule has 0 unspecified atom stereocenters. The van der Waals surface area contributed by atoms with Crippen molar-refractivity contribution in [2.45, 2.75) is 18.5 Å². The van der Waals surface area contributed by atoms with Gasteiger partial charge in [0.05, 0.1) is 33.9 Å². The van der Waals surface area contributed by atoms with Gasteiger partial charge < -0.3 is 0 Å². The Hall–Kier alpha value is -5.07. The number of hydrogen-bond acceptors (Lipinski definition) is 5. The molecule has 2 aromatic rings. The van der Waals surface area contributed by atoms with Gasteiger partial charge in [-0.15, -0.1) is 0 Å². The lowest BCUT2D eigenvalue weighted by Crippen LogP contribution is -2.32. The van der Waals surface area contributed by atoms with Crippen LogP contribution in [0.25, 0.3) is 11.1 Å². The van der Waals surface area contributed by atoms with Crippen LogP contribution >= 0.6 is 0 Å². The number of alkyl halides is 9. The molecule has 5 nitrogen and oxygen atoms in total. The van der Waals surface area contributed by atoms with E-state index in [0.717, 1.165) is 24.3 Å². The number of nitrogens with zero attached hydrogens (tertiary/aromatic N) is 5. The molecule has 0 aliphatic heterocycles. The lowest BCUT2D eigenvalue weighted by Gasteiger charge is -2.17. The number of benzene rings is 2. The Labute approximate surface area is 198 Å². The summed E-state index contributed by atoms with van der Waals surface area (Å²) in [5, 5.41) is 42.5. The van der Waals surface area contributed by atoms with E-state index in [4.69, 9.17) is 15.8 Å². The second-order valence-corrected chi connectivity index (χ2v) is 6.78. The lowest BCUT2D eigenvalue weighted by molar-refractivity contribution is -0.144. The van der Waals surface area contributed by atoms with Crippen LogP contribution in [0.5, 0.6) is 0 Å². The van der Waals surface area contributed by atoms with E-state index in [9.17, 15) is 54.4 Å². The van der Waals surface area contributed by atoms with Gasteiger partial charge in [0.2, 0.25) is 0 Å². The highest BCUT2D eigenvalue weighted by molar-refractivity contribution is 5.81. The molecule has 15 heteroatoms. The second kappa shape index (κ2) is 9.53. The molecule has 0 saturated carbocycles. The molecule has 0 heterocycles. The van der Waals surface area contributed by atoms with Gasteiger partial charge in [-0.05, 0) is 23.8 Å². The van der Waals surface area contributed by atoms with Crippen LogP contribution in [0.4, 0.5) is 43.9 Å². The van der Waals surface area contributed by atoms with E-state index < -0.39 is 79.3 Å². The first-order valence-corrected chi connectivity index (χ1v) is 8.99. The summed E-state index contributed by atoms with van der Waals surface area (Å²) in [6, 6.07) is 4.73. The minimum atomic E-state index is -5.83. The van der Waals surface area contributed by atoms with Crippen molar-refractivity contribution in [2.24, 2.45) is 0 Å². The molecule has 0 aromatic heterocycles. The van der Waals surface area contributed by atoms with Gasteiger partial charge in [-0.25, -0.2) is 4.39 Å². The molecule has 0 spiro atoms. The third-order valence-corrected chi connectivity index (χ3v) is 4.67. The van der Waals surface area contributed by atoms with E-state index in [1.165, 1.54) is 0 Å². The maximum Gasteiger partial charge on any atom is 0.419 e. The molecule has 2 aromatic carbocycles. The van der Waals surface area contributed by atoms with Gasteiger partial charge in [-0.2, -0.15) is 65.8 Å². The molecule has 0 aliphatic carbocycles. The summed E-state index contributed by atoms with van der Waals surface area (Å²) < 4.78 is 138. The highest BCUT2D eigenvalue weighted by atomic mass is 19.4. The Bertz CT molecular complexity index is 1590. The molecule has 2 rings (SSSR count). The molecule has 0 fully saturated rings. The highest BCUT2D eigenvalue weighted by Crippen LogP contribution is 2.41. The summed E-state index contributed by atoms with van der Waals surface area (Å²) in [6.45, 7) is 0. The highest BCUT2D eigenvalue weighted by Gasteiger charge is 2.43. The van der Waals surface area contributed by atoms with Crippen LogP contribution in [0, 0.1) is 62.5 Å².